The van der Waals surface area contributed by atoms with Gasteiger partial charge >= 0.3 is 0 Å². The fraction of sp³-hybridized carbons (Fsp3) is 0.0667. The number of hydrazine groups is 1. The summed E-state index contributed by atoms with van der Waals surface area (Å²) in [7, 11) is -3.62. The summed E-state index contributed by atoms with van der Waals surface area (Å²) in [6.45, 7) is 1.92. The van der Waals surface area contributed by atoms with Gasteiger partial charge in [-0.1, -0.05) is 23.8 Å². The molecule has 0 bridgehead atoms. The summed E-state index contributed by atoms with van der Waals surface area (Å²) < 4.78 is 26.7. The Bertz CT molecular complexity index is 896. The van der Waals surface area contributed by atoms with Crippen molar-refractivity contribution in [3.63, 3.8) is 0 Å². The van der Waals surface area contributed by atoms with E-state index in [1.807, 2.05) is 13.0 Å². The number of aromatic nitrogens is 1. The van der Waals surface area contributed by atoms with E-state index in [4.69, 9.17) is 5.84 Å². The van der Waals surface area contributed by atoms with Crippen LogP contribution in [0.25, 0.3) is 10.9 Å². The van der Waals surface area contributed by atoms with Gasteiger partial charge in [-0.25, -0.2) is 12.4 Å². The number of nitrogens with one attached hydrogen (secondary N) is 1. The molecule has 0 aliphatic carbocycles. The molecule has 0 unspecified atom stereocenters. The van der Waals surface area contributed by atoms with Gasteiger partial charge in [0, 0.05) is 11.6 Å². The quantitative estimate of drug-likeness (QED) is 0.575. The minimum atomic E-state index is -3.62. The normalized spacial score (nSPS) is 11.7. The van der Waals surface area contributed by atoms with Crippen molar-refractivity contribution in [1.82, 2.24) is 3.97 Å². The van der Waals surface area contributed by atoms with Gasteiger partial charge in [-0.05, 0) is 37.3 Å². The highest BCUT2D eigenvalue weighted by Gasteiger charge is 2.18. The molecule has 2 aromatic carbocycles. The van der Waals surface area contributed by atoms with Gasteiger partial charge in [0.1, 0.15) is 0 Å². The van der Waals surface area contributed by atoms with Gasteiger partial charge in [-0.15, -0.1) is 0 Å². The Morgan fingerprint density at radius 1 is 1.05 bits per heavy atom. The summed E-state index contributed by atoms with van der Waals surface area (Å²) >= 11 is 0. The molecular weight excluding hydrogens is 286 g/mol. The lowest BCUT2D eigenvalue weighted by Crippen LogP contribution is -2.12. The summed E-state index contributed by atoms with van der Waals surface area (Å²) in [5.41, 5.74) is 4.78. The highest BCUT2D eigenvalue weighted by molar-refractivity contribution is 7.90. The number of hydrogen-bond acceptors (Lipinski definition) is 4. The lowest BCUT2D eigenvalue weighted by atomic mass is 10.2. The lowest BCUT2D eigenvalue weighted by molar-refractivity contribution is 0.589. The van der Waals surface area contributed by atoms with Crippen molar-refractivity contribution in [3.8, 4) is 0 Å². The predicted octanol–water partition coefficient (Wildman–Crippen LogP) is 2.47. The third kappa shape index (κ3) is 2.28. The van der Waals surface area contributed by atoms with Crippen molar-refractivity contribution in [1.29, 1.82) is 0 Å². The number of nitrogen functional groups attached to an aromatic ring is 1. The minimum Gasteiger partial charge on any atom is -0.324 e. The van der Waals surface area contributed by atoms with Crippen molar-refractivity contribution in [2.75, 3.05) is 5.43 Å². The van der Waals surface area contributed by atoms with E-state index in [-0.39, 0.29) is 4.90 Å². The molecule has 5 nitrogen and oxygen atoms in total. The van der Waals surface area contributed by atoms with E-state index >= 15 is 0 Å². The number of fused-ring (bicyclic) bond motifs is 1. The van der Waals surface area contributed by atoms with Gasteiger partial charge in [0.2, 0.25) is 0 Å². The Hall–Kier alpha value is -2.31. The number of benzene rings is 2. The number of nitrogens with zero attached hydrogens (tertiary/aromatic N) is 1. The molecule has 0 spiro atoms. The van der Waals surface area contributed by atoms with Crippen molar-refractivity contribution in [2.24, 2.45) is 5.84 Å². The number of anilines is 1. The maximum absolute atomic E-state index is 12.7. The molecule has 3 rings (SSSR count). The maximum atomic E-state index is 12.7. The van der Waals surface area contributed by atoms with Crippen LogP contribution < -0.4 is 11.3 Å². The smallest absolute Gasteiger partial charge is 0.268 e. The Labute approximate surface area is 123 Å². The van der Waals surface area contributed by atoms with Crippen molar-refractivity contribution in [2.45, 2.75) is 11.8 Å². The van der Waals surface area contributed by atoms with Crippen LogP contribution in [0.3, 0.4) is 0 Å². The van der Waals surface area contributed by atoms with Crippen LogP contribution in [0, 0.1) is 6.92 Å². The van der Waals surface area contributed by atoms with Crippen LogP contribution >= 0.6 is 0 Å². The van der Waals surface area contributed by atoms with Crippen LogP contribution in [0.5, 0.6) is 0 Å². The van der Waals surface area contributed by atoms with E-state index in [0.717, 1.165) is 10.9 Å². The van der Waals surface area contributed by atoms with E-state index in [1.165, 1.54) is 3.97 Å². The first-order valence-corrected chi connectivity index (χ1v) is 7.86. The number of aryl methyl sites for hydroxylation is 1. The summed E-state index contributed by atoms with van der Waals surface area (Å²) in [4.78, 5) is 0.261. The predicted molar refractivity (Wildman–Crippen MR) is 83.5 cm³/mol. The number of nitrogens with two attached hydrogens (primary N) is 1. The van der Waals surface area contributed by atoms with E-state index in [9.17, 15) is 8.42 Å². The third-order valence-corrected chi connectivity index (χ3v) is 5.11. The van der Waals surface area contributed by atoms with Gasteiger partial charge in [-0.3, -0.25) is 5.84 Å². The van der Waals surface area contributed by atoms with Crippen LogP contribution in [0.4, 0.5) is 5.69 Å². The Kier molecular flexibility index (Phi) is 3.19. The first-order chi connectivity index (χ1) is 10.0. The zero-order valence-corrected chi connectivity index (χ0v) is 12.3. The molecule has 0 saturated heterocycles. The molecule has 0 aliphatic rings. The molecule has 3 N–H and O–H groups in total. The molecule has 3 aromatic rings. The van der Waals surface area contributed by atoms with E-state index in [1.54, 1.807) is 48.7 Å². The molecule has 0 radical (unpaired) electrons. The average molecular weight is 301 g/mol. The summed E-state index contributed by atoms with van der Waals surface area (Å²) in [5, 5.41) is 0.838. The highest BCUT2D eigenvalue weighted by Crippen LogP contribution is 2.24. The Balaban J connectivity index is 2.21. The topological polar surface area (TPSA) is 77.1 Å². The molecule has 0 amide bonds. The van der Waals surface area contributed by atoms with Gasteiger partial charge in [0.15, 0.2) is 0 Å². The fourth-order valence-corrected chi connectivity index (χ4v) is 3.57. The van der Waals surface area contributed by atoms with Crippen LogP contribution in [-0.2, 0) is 10.0 Å². The van der Waals surface area contributed by atoms with E-state index in [2.05, 4.69) is 5.43 Å². The van der Waals surface area contributed by atoms with E-state index < -0.39 is 10.0 Å². The molecule has 0 fully saturated rings. The molecule has 0 atom stereocenters. The molecule has 108 valence electrons. The van der Waals surface area contributed by atoms with Crippen molar-refractivity contribution >= 4 is 26.6 Å². The van der Waals surface area contributed by atoms with Crippen molar-refractivity contribution < 1.29 is 8.42 Å². The molecule has 1 aromatic heterocycles. The maximum Gasteiger partial charge on any atom is 0.268 e. The first-order valence-electron chi connectivity index (χ1n) is 6.42. The standard InChI is InChI=1S/C15H15N3O2S/c1-11-2-6-14(7-3-11)21(19,20)18-9-8-12-4-5-13(17-16)10-15(12)18/h2-10,17H,16H2,1H3. The van der Waals surface area contributed by atoms with Gasteiger partial charge in [-0.2, -0.15) is 0 Å². The first kappa shape index (κ1) is 13.7. The monoisotopic (exact) mass is 301 g/mol. The molecule has 6 heteroatoms. The summed E-state index contributed by atoms with van der Waals surface area (Å²) in [5.74, 6) is 5.39. The second kappa shape index (κ2) is 4.91. The Morgan fingerprint density at radius 3 is 2.43 bits per heavy atom. The SMILES string of the molecule is Cc1ccc(S(=O)(=O)n2ccc3ccc(NN)cc32)cc1. The van der Waals surface area contributed by atoms with E-state index in [0.29, 0.717) is 11.2 Å². The number of rotatable bonds is 3. The Morgan fingerprint density at radius 2 is 1.76 bits per heavy atom. The van der Waals surface area contributed by atoms with Crippen LogP contribution in [0.1, 0.15) is 5.56 Å². The number of hydrogen-bond donors (Lipinski definition) is 2. The molecule has 0 saturated carbocycles. The average Bonchev–Trinajstić information content (AvgIpc) is 2.91. The largest absolute Gasteiger partial charge is 0.324 e. The van der Waals surface area contributed by atoms with Gasteiger partial charge in [0.25, 0.3) is 10.0 Å². The van der Waals surface area contributed by atoms with Gasteiger partial charge in [0.05, 0.1) is 16.1 Å². The second-order valence-electron chi connectivity index (χ2n) is 4.85. The zero-order valence-electron chi connectivity index (χ0n) is 11.4. The summed E-state index contributed by atoms with van der Waals surface area (Å²) in [6.07, 6.45) is 1.56. The third-order valence-electron chi connectivity index (χ3n) is 3.40. The minimum absolute atomic E-state index is 0.261. The van der Waals surface area contributed by atoms with Crippen LogP contribution in [0.15, 0.2) is 59.6 Å². The molecular formula is C15H15N3O2S. The van der Waals surface area contributed by atoms with Crippen molar-refractivity contribution in [3.05, 3.63) is 60.3 Å². The highest BCUT2D eigenvalue weighted by atomic mass is 32.2. The van der Waals surface area contributed by atoms with Crippen LogP contribution in [-0.4, -0.2) is 12.4 Å². The van der Waals surface area contributed by atoms with Gasteiger partial charge < -0.3 is 5.43 Å². The zero-order chi connectivity index (χ0) is 15.0. The summed E-state index contributed by atoms with van der Waals surface area (Å²) in [6, 6.07) is 13.9. The molecule has 0 aliphatic heterocycles. The molecule has 1 heterocycles. The lowest BCUT2D eigenvalue weighted by Gasteiger charge is -2.09. The fourth-order valence-electron chi connectivity index (χ4n) is 2.23. The molecule has 21 heavy (non-hydrogen) atoms. The van der Waals surface area contributed by atoms with Crippen LogP contribution in [0.2, 0.25) is 0 Å². The second-order valence-corrected chi connectivity index (χ2v) is 6.66.